The van der Waals surface area contributed by atoms with E-state index in [0.717, 1.165) is 0 Å². The highest BCUT2D eigenvalue weighted by molar-refractivity contribution is 6.15. The van der Waals surface area contributed by atoms with Gasteiger partial charge in [0.1, 0.15) is 5.75 Å². The van der Waals surface area contributed by atoms with Crippen LogP contribution < -0.4 is 24.3 Å². The van der Waals surface area contributed by atoms with Gasteiger partial charge in [-0.15, -0.1) is 0 Å². The van der Waals surface area contributed by atoms with Crippen LogP contribution in [0.2, 0.25) is 0 Å². The van der Waals surface area contributed by atoms with Crippen LogP contribution in [-0.4, -0.2) is 39.3 Å². The van der Waals surface area contributed by atoms with Crippen LogP contribution in [0.25, 0.3) is 10.9 Å². The third-order valence-corrected chi connectivity index (χ3v) is 4.07. The van der Waals surface area contributed by atoms with Crippen LogP contribution >= 0.6 is 0 Å². The fraction of sp³-hybridized carbons (Fsp3) is 0.211. The third kappa shape index (κ3) is 2.88. The Bertz CT molecular complexity index is 948. The molecule has 2 aromatic carbocycles. The van der Waals surface area contributed by atoms with Crippen LogP contribution in [0.4, 0.5) is 5.69 Å². The van der Waals surface area contributed by atoms with Gasteiger partial charge < -0.3 is 29.2 Å². The maximum absolute atomic E-state index is 12.9. The van der Waals surface area contributed by atoms with Crippen LogP contribution in [0.3, 0.4) is 0 Å². The van der Waals surface area contributed by atoms with E-state index in [-0.39, 0.29) is 5.91 Å². The van der Waals surface area contributed by atoms with Gasteiger partial charge >= 0.3 is 0 Å². The lowest BCUT2D eigenvalue weighted by atomic mass is 10.1. The smallest absolute Gasteiger partial charge is 0.258 e. The Labute approximate surface area is 150 Å². The van der Waals surface area contributed by atoms with Crippen molar-refractivity contribution in [3.05, 3.63) is 42.1 Å². The summed E-state index contributed by atoms with van der Waals surface area (Å²) in [4.78, 5) is 15.9. The summed E-state index contributed by atoms with van der Waals surface area (Å²) in [7, 11) is 6.14. The number of amides is 1. The SMILES string of the molecule is COc1ccccc1NC(=O)c1c[nH]c2cc(OC)c(OC)c(OC)c12. The molecule has 0 unspecified atom stereocenters. The largest absolute Gasteiger partial charge is 0.495 e. The van der Waals surface area contributed by atoms with E-state index in [2.05, 4.69) is 10.3 Å². The molecular formula is C19H20N2O5. The van der Waals surface area contributed by atoms with E-state index in [4.69, 9.17) is 18.9 Å². The molecule has 0 fully saturated rings. The van der Waals surface area contributed by atoms with E-state index in [1.165, 1.54) is 14.2 Å². The molecule has 2 N–H and O–H groups in total. The number of rotatable bonds is 6. The van der Waals surface area contributed by atoms with E-state index >= 15 is 0 Å². The number of aromatic nitrogens is 1. The van der Waals surface area contributed by atoms with Crippen molar-refractivity contribution < 1.29 is 23.7 Å². The molecule has 26 heavy (non-hydrogen) atoms. The molecule has 0 radical (unpaired) electrons. The molecule has 0 aliphatic heterocycles. The Morgan fingerprint density at radius 2 is 1.62 bits per heavy atom. The average molecular weight is 356 g/mol. The standard InChI is InChI=1S/C19H20N2O5/c1-23-14-8-6-5-7-12(14)21-19(22)11-10-20-13-9-15(24-2)17(25-3)18(26-4)16(11)13/h5-10,20H,1-4H3,(H,21,22). The number of hydrogen-bond donors (Lipinski definition) is 2. The molecule has 7 nitrogen and oxygen atoms in total. The van der Waals surface area contributed by atoms with Crippen molar-refractivity contribution in [1.29, 1.82) is 0 Å². The fourth-order valence-corrected chi connectivity index (χ4v) is 2.88. The first-order valence-corrected chi connectivity index (χ1v) is 7.89. The van der Waals surface area contributed by atoms with Gasteiger partial charge in [-0.25, -0.2) is 0 Å². The molecule has 0 saturated heterocycles. The molecule has 136 valence electrons. The highest BCUT2D eigenvalue weighted by Crippen LogP contribution is 2.44. The summed E-state index contributed by atoms with van der Waals surface area (Å²) in [5, 5.41) is 3.47. The van der Waals surface area contributed by atoms with Crippen LogP contribution in [0, 0.1) is 0 Å². The molecule has 0 saturated carbocycles. The van der Waals surface area contributed by atoms with Crippen molar-refractivity contribution in [2.45, 2.75) is 0 Å². The average Bonchev–Trinajstić information content (AvgIpc) is 3.10. The number of H-pyrrole nitrogens is 1. The molecular weight excluding hydrogens is 336 g/mol. The Balaban J connectivity index is 2.09. The second-order valence-corrected chi connectivity index (χ2v) is 5.42. The first-order chi connectivity index (χ1) is 12.6. The van der Waals surface area contributed by atoms with Crippen molar-refractivity contribution in [3.63, 3.8) is 0 Å². The summed E-state index contributed by atoms with van der Waals surface area (Å²) in [5.41, 5.74) is 1.70. The Morgan fingerprint density at radius 1 is 0.923 bits per heavy atom. The number of benzene rings is 2. The first-order valence-electron chi connectivity index (χ1n) is 7.89. The second kappa shape index (κ2) is 7.26. The highest BCUT2D eigenvalue weighted by atomic mass is 16.5. The summed E-state index contributed by atoms with van der Waals surface area (Å²) in [6, 6.07) is 8.96. The zero-order chi connectivity index (χ0) is 18.7. The Hall–Kier alpha value is -3.35. The number of carbonyl (C=O) groups excluding carboxylic acids is 1. The van der Waals surface area contributed by atoms with Gasteiger partial charge in [0.15, 0.2) is 11.5 Å². The van der Waals surface area contributed by atoms with Gasteiger partial charge in [-0.3, -0.25) is 4.79 Å². The van der Waals surface area contributed by atoms with Crippen molar-refractivity contribution in [2.75, 3.05) is 33.8 Å². The normalized spacial score (nSPS) is 10.5. The minimum Gasteiger partial charge on any atom is -0.495 e. The lowest BCUT2D eigenvalue weighted by Crippen LogP contribution is -2.12. The number of carbonyl (C=O) groups is 1. The summed E-state index contributed by atoms with van der Waals surface area (Å²) in [6.07, 6.45) is 1.62. The lowest BCUT2D eigenvalue weighted by molar-refractivity contribution is 0.102. The zero-order valence-corrected chi connectivity index (χ0v) is 15.0. The minimum atomic E-state index is -0.300. The van der Waals surface area contributed by atoms with Gasteiger partial charge in [0.25, 0.3) is 5.91 Å². The van der Waals surface area contributed by atoms with Crippen LogP contribution in [0.5, 0.6) is 23.0 Å². The lowest BCUT2D eigenvalue weighted by Gasteiger charge is -2.14. The van der Waals surface area contributed by atoms with E-state index < -0.39 is 0 Å². The predicted molar refractivity (Wildman–Crippen MR) is 98.9 cm³/mol. The summed E-state index contributed by atoms with van der Waals surface area (Å²) >= 11 is 0. The summed E-state index contributed by atoms with van der Waals surface area (Å²) in [6.45, 7) is 0. The number of methoxy groups -OCH3 is 4. The van der Waals surface area contributed by atoms with Gasteiger partial charge in [-0.05, 0) is 12.1 Å². The number of para-hydroxylation sites is 2. The molecule has 0 atom stereocenters. The van der Waals surface area contributed by atoms with E-state index in [0.29, 0.717) is 45.2 Å². The van der Waals surface area contributed by atoms with Gasteiger partial charge in [0.2, 0.25) is 5.75 Å². The van der Waals surface area contributed by atoms with Crippen LogP contribution in [0.1, 0.15) is 10.4 Å². The molecule has 1 aromatic heterocycles. The van der Waals surface area contributed by atoms with Crippen LogP contribution in [0.15, 0.2) is 36.5 Å². The maximum Gasteiger partial charge on any atom is 0.258 e. The quantitative estimate of drug-likeness (QED) is 0.707. The van der Waals surface area contributed by atoms with E-state index in [9.17, 15) is 4.79 Å². The maximum atomic E-state index is 12.9. The zero-order valence-electron chi connectivity index (χ0n) is 15.0. The van der Waals surface area contributed by atoms with Crippen molar-refractivity contribution in [2.24, 2.45) is 0 Å². The number of nitrogens with one attached hydrogen (secondary N) is 2. The monoisotopic (exact) mass is 356 g/mol. The van der Waals surface area contributed by atoms with Gasteiger partial charge in [-0.2, -0.15) is 0 Å². The number of ether oxygens (including phenoxy) is 4. The van der Waals surface area contributed by atoms with Crippen molar-refractivity contribution >= 4 is 22.5 Å². The molecule has 0 spiro atoms. The first kappa shape index (κ1) is 17.5. The summed E-state index contributed by atoms with van der Waals surface area (Å²) < 4.78 is 21.5. The van der Waals surface area contributed by atoms with Gasteiger partial charge in [0.05, 0.1) is 50.6 Å². The minimum absolute atomic E-state index is 0.300. The molecule has 0 aliphatic carbocycles. The molecule has 0 aliphatic rings. The van der Waals surface area contributed by atoms with E-state index in [1.54, 1.807) is 38.6 Å². The van der Waals surface area contributed by atoms with E-state index in [1.807, 2.05) is 12.1 Å². The molecule has 3 rings (SSSR count). The Morgan fingerprint density at radius 3 is 2.27 bits per heavy atom. The summed E-state index contributed by atoms with van der Waals surface area (Å²) in [5.74, 6) is 1.63. The third-order valence-electron chi connectivity index (χ3n) is 4.07. The molecule has 7 heteroatoms. The van der Waals surface area contributed by atoms with Crippen molar-refractivity contribution in [3.8, 4) is 23.0 Å². The number of aromatic amines is 1. The second-order valence-electron chi connectivity index (χ2n) is 5.42. The number of fused-ring (bicyclic) bond motifs is 1. The fourth-order valence-electron chi connectivity index (χ4n) is 2.88. The molecule has 0 bridgehead atoms. The number of anilines is 1. The van der Waals surface area contributed by atoms with Crippen molar-refractivity contribution in [1.82, 2.24) is 4.98 Å². The van der Waals surface area contributed by atoms with Crippen LogP contribution in [-0.2, 0) is 0 Å². The topological polar surface area (TPSA) is 81.8 Å². The molecule has 3 aromatic rings. The molecule has 1 heterocycles. The molecule has 1 amide bonds. The predicted octanol–water partition coefficient (Wildman–Crippen LogP) is 3.45. The number of hydrogen-bond acceptors (Lipinski definition) is 5. The Kier molecular flexibility index (Phi) is 4.88. The van der Waals surface area contributed by atoms with Gasteiger partial charge in [0, 0.05) is 12.3 Å². The highest BCUT2D eigenvalue weighted by Gasteiger charge is 2.23. The van der Waals surface area contributed by atoms with Gasteiger partial charge in [-0.1, -0.05) is 12.1 Å².